The number of methoxy groups -OCH3 is 1. The lowest BCUT2D eigenvalue weighted by Gasteiger charge is -2.24. The first-order valence-corrected chi connectivity index (χ1v) is 6.11. The van der Waals surface area contributed by atoms with Crippen molar-refractivity contribution in [2.45, 2.75) is 32.2 Å². The van der Waals surface area contributed by atoms with Crippen molar-refractivity contribution in [3.05, 3.63) is 29.8 Å². The lowest BCUT2D eigenvalue weighted by Crippen LogP contribution is -2.48. The van der Waals surface area contributed by atoms with E-state index in [0.717, 1.165) is 11.3 Å². The van der Waals surface area contributed by atoms with Crippen LogP contribution < -0.4 is 15.8 Å². The number of rotatable bonds is 6. The van der Waals surface area contributed by atoms with Gasteiger partial charge in [0, 0.05) is 18.5 Å². The van der Waals surface area contributed by atoms with Gasteiger partial charge in [0.05, 0.1) is 7.11 Å². The highest BCUT2D eigenvalue weighted by Crippen LogP contribution is 2.14. The van der Waals surface area contributed by atoms with Gasteiger partial charge in [-0.1, -0.05) is 12.1 Å². The SMILES string of the molecule is COc1cccc(CCC(=O)NC(C)(C)CN)c1. The van der Waals surface area contributed by atoms with Crippen LogP contribution in [0.3, 0.4) is 0 Å². The fourth-order valence-electron chi connectivity index (χ4n) is 1.58. The van der Waals surface area contributed by atoms with E-state index >= 15 is 0 Å². The van der Waals surface area contributed by atoms with E-state index in [2.05, 4.69) is 5.32 Å². The summed E-state index contributed by atoms with van der Waals surface area (Å²) in [6.45, 7) is 4.25. The molecule has 1 rings (SSSR count). The number of carbonyl (C=O) groups excluding carboxylic acids is 1. The molecule has 4 heteroatoms. The Morgan fingerprint density at radius 3 is 2.78 bits per heavy atom. The number of hydrogen-bond donors (Lipinski definition) is 2. The summed E-state index contributed by atoms with van der Waals surface area (Å²) in [7, 11) is 1.63. The largest absolute Gasteiger partial charge is 0.497 e. The molecule has 0 aromatic heterocycles. The highest BCUT2D eigenvalue weighted by molar-refractivity contribution is 5.77. The number of carbonyl (C=O) groups is 1. The summed E-state index contributed by atoms with van der Waals surface area (Å²) >= 11 is 0. The molecule has 0 aliphatic heterocycles. The number of nitrogens with one attached hydrogen (secondary N) is 1. The summed E-state index contributed by atoms with van der Waals surface area (Å²) < 4.78 is 5.14. The molecule has 0 saturated heterocycles. The molecule has 0 fully saturated rings. The number of ether oxygens (including phenoxy) is 1. The summed E-state index contributed by atoms with van der Waals surface area (Å²) in [5.74, 6) is 0.837. The van der Waals surface area contributed by atoms with Crippen molar-refractivity contribution in [3.63, 3.8) is 0 Å². The van der Waals surface area contributed by atoms with Crippen molar-refractivity contribution >= 4 is 5.91 Å². The molecule has 1 aromatic rings. The second kappa shape index (κ2) is 6.40. The zero-order valence-electron chi connectivity index (χ0n) is 11.3. The van der Waals surface area contributed by atoms with Crippen LogP contribution in [0.15, 0.2) is 24.3 Å². The van der Waals surface area contributed by atoms with Crippen LogP contribution in [-0.4, -0.2) is 25.1 Å². The van der Waals surface area contributed by atoms with Crippen LogP contribution in [-0.2, 0) is 11.2 Å². The summed E-state index contributed by atoms with van der Waals surface area (Å²) in [6, 6.07) is 7.75. The molecule has 0 aliphatic carbocycles. The molecule has 3 N–H and O–H groups in total. The van der Waals surface area contributed by atoms with E-state index in [1.807, 2.05) is 38.1 Å². The van der Waals surface area contributed by atoms with Crippen LogP contribution in [0.1, 0.15) is 25.8 Å². The second-order valence-corrected chi connectivity index (χ2v) is 4.99. The molecular formula is C14H22N2O2. The molecule has 0 atom stereocenters. The van der Waals surface area contributed by atoms with Gasteiger partial charge in [0.25, 0.3) is 0 Å². The Hall–Kier alpha value is -1.55. The van der Waals surface area contributed by atoms with Gasteiger partial charge in [-0.15, -0.1) is 0 Å². The van der Waals surface area contributed by atoms with Crippen molar-refractivity contribution in [1.29, 1.82) is 0 Å². The van der Waals surface area contributed by atoms with Gasteiger partial charge >= 0.3 is 0 Å². The molecule has 0 unspecified atom stereocenters. The quantitative estimate of drug-likeness (QED) is 0.804. The van der Waals surface area contributed by atoms with Crippen LogP contribution in [0.5, 0.6) is 5.75 Å². The van der Waals surface area contributed by atoms with E-state index < -0.39 is 0 Å². The molecule has 100 valence electrons. The molecule has 18 heavy (non-hydrogen) atoms. The van der Waals surface area contributed by atoms with Gasteiger partial charge in [0.2, 0.25) is 5.91 Å². The maximum Gasteiger partial charge on any atom is 0.220 e. The van der Waals surface area contributed by atoms with Crippen molar-refractivity contribution in [2.24, 2.45) is 5.73 Å². The average Bonchev–Trinajstić information content (AvgIpc) is 2.36. The van der Waals surface area contributed by atoms with Gasteiger partial charge in [-0.3, -0.25) is 4.79 Å². The van der Waals surface area contributed by atoms with Gasteiger partial charge < -0.3 is 15.8 Å². The standard InChI is InChI=1S/C14H22N2O2/c1-14(2,10-15)16-13(17)8-7-11-5-4-6-12(9-11)18-3/h4-6,9H,7-8,10,15H2,1-3H3,(H,16,17). The number of benzene rings is 1. The Morgan fingerprint density at radius 2 is 2.17 bits per heavy atom. The Balaban J connectivity index is 2.47. The third-order valence-corrected chi connectivity index (χ3v) is 2.76. The first-order valence-electron chi connectivity index (χ1n) is 6.11. The first-order chi connectivity index (χ1) is 8.46. The minimum Gasteiger partial charge on any atom is -0.497 e. The molecule has 0 heterocycles. The van der Waals surface area contributed by atoms with E-state index in [9.17, 15) is 4.79 Å². The molecule has 0 bridgehead atoms. The zero-order valence-corrected chi connectivity index (χ0v) is 11.3. The third-order valence-electron chi connectivity index (χ3n) is 2.76. The minimum atomic E-state index is -0.342. The summed E-state index contributed by atoms with van der Waals surface area (Å²) in [5.41, 5.74) is 6.32. The van der Waals surface area contributed by atoms with Crippen molar-refractivity contribution in [1.82, 2.24) is 5.32 Å². The zero-order chi connectivity index (χ0) is 13.6. The van der Waals surface area contributed by atoms with Crippen molar-refractivity contribution < 1.29 is 9.53 Å². The van der Waals surface area contributed by atoms with Gasteiger partial charge in [-0.05, 0) is 38.0 Å². The van der Waals surface area contributed by atoms with Gasteiger partial charge in [-0.2, -0.15) is 0 Å². The molecule has 0 spiro atoms. The highest BCUT2D eigenvalue weighted by atomic mass is 16.5. The predicted octanol–water partition coefficient (Wildman–Crippen LogP) is 1.48. The lowest BCUT2D eigenvalue weighted by molar-refractivity contribution is -0.122. The average molecular weight is 250 g/mol. The first kappa shape index (κ1) is 14.5. The molecule has 0 saturated carbocycles. The van der Waals surface area contributed by atoms with Crippen LogP contribution in [0.2, 0.25) is 0 Å². The van der Waals surface area contributed by atoms with Gasteiger partial charge in [0.1, 0.15) is 5.75 Å². The van der Waals surface area contributed by atoms with Crippen LogP contribution >= 0.6 is 0 Å². The predicted molar refractivity (Wildman–Crippen MR) is 72.6 cm³/mol. The number of amides is 1. The molecule has 0 aliphatic rings. The van der Waals surface area contributed by atoms with E-state index in [-0.39, 0.29) is 11.4 Å². The molecule has 0 radical (unpaired) electrons. The van der Waals surface area contributed by atoms with Crippen molar-refractivity contribution in [2.75, 3.05) is 13.7 Å². The van der Waals surface area contributed by atoms with Crippen LogP contribution in [0.25, 0.3) is 0 Å². The topological polar surface area (TPSA) is 64.3 Å². The molecule has 1 aromatic carbocycles. The molecule has 1 amide bonds. The maximum absolute atomic E-state index is 11.7. The lowest BCUT2D eigenvalue weighted by atomic mass is 10.0. The van der Waals surface area contributed by atoms with E-state index in [1.165, 1.54) is 0 Å². The van der Waals surface area contributed by atoms with Gasteiger partial charge in [0.15, 0.2) is 0 Å². The summed E-state index contributed by atoms with van der Waals surface area (Å²) in [6.07, 6.45) is 1.15. The van der Waals surface area contributed by atoms with Crippen molar-refractivity contribution in [3.8, 4) is 5.75 Å². The van der Waals surface area contributed by atoms with Crippen LogP contribution in [0, 0.1) is 0 Å². The number of nitrogens with two attached hydrogens (primary N) is 1. The second-order valence-electron chi connectivity index (χ2n) is 4.99. The summed E-state index contributed by atoms with van der Waals surface area (Å²) in [4.78, 5) is 11.7. The van der Waals surface area contributed by atoms with Gasteiger partial charge in [-0.25, -0.2) is 0 Å². The molecule has 4 nitrogen and oxygen atoms in total. The van der Waals surface area contributed by atoms with Crippen LogP contribution in [0.4, 0.5) is 0 Å². The Labute approximate surface area is 109 Å². The fourth-order valence-corrected chi connectivity index (χ4v) is 1.58. The van der Waals surface area contributed by atoms with E-state index in [4.69, 9.17) is 10.5 Å². The molecular weight excluding hydrogens is 228 g/mol. The van der Waals surface area contributed by atoms with E-state index in [1.54, 1.807) is 7.11 Å². The van der Waals surface area contributed by atoms with E-state index in [0.29, 0.717) is 19.4 Å². The maximum atomic E-state index is 11.7. The monoisotopic (exact) mass is 250 g/mol. The Morgan fingerprint density at radius 1 is 1.44 bits per heavy atom. The summed E-state index contributed by atoms with van der Waals surface area (Å²) in [5, 5.41) is 2.91. The fraction of sp³-hybridized carbons (Fsp3) is 0.500. The number of hydrogen-bond acceptors (Lipinski definition) is 3. The smallest absolute Gasteiger partial charge is 0.220 e. The minimum absolute atomic E-state index is 0.0215. The highest BCUT2D eigenvalue weighted by Gasteiger charge is 2.17. The normalized spacial score (nSPS) is 11.1. The Bertz CT molecular complexity index is 403. The number of aryl methyl sites for hydroxylation is 1. The third kappa shape index (κ3) is 4.75. The Kier molecular flexibility index (Phi) is 5.16.